The van der Waals surface area contributed by atoms with Gasteiger partial charge in [-0.1, -0.05) is 19.9 Å². The van der Waals surface area contributed by atoms with Crippen molar-refractivity contribution in [1.29, 1.82) is 5.26 Å². The summed E-state index contributed by atoms with van der Waals surface area (Å²) in [5, 5.41) is 12.0. The Balaban J connectivity index is 2.12. The molecule has 0 aromatic heterocycles. The monoisotopic (exact) mass is 230 g/mol. The maximum Gasteiger partial charge on any atom is 0.142 e. The molecule has 0 radical (unpaired) electrons. The topological polar surface area (TPSA) is 45.0 Å². The minimum Gasteiger partial charge on any atom is -0.489 e. The fourth-order valence-electron chi connectivity index (χ4n) is 1.99. The van der Waals surface area contributed by atoms with Crippen molar-refractivity contribution in [2.75, 3.05) is 11.9 Å². The van der Waals surface area contributed by atoms with Crippen molar-refractivity contribution in [3.8, 4) is 11.8 Å². The fourth-order valence-corrected chi connectivity index (χ4v) is 1.99. The van der Waals surface area contributed by atoms with Gasteiger partial charge in [-0.3, -0.25) is 0 Å². The summed E-state index contributed by atoms with van der Waals surface area (Å²) >= 11 is 0. The number of anilines is 1. The number of ether oxygens (including phenoxy) is 1. The Hall–Kier alpha value is -1.69. The van der Waals surface area contributed by atoms with Crippen LogP contribution in [0.5, 0.6) is 5.75 Å². The summed E-state index contributed by atoms with van der Waals surface area (Å²) in [6.07, 6.45) is 1.40. The van der Waals surface area contributed by atoms with Gasteiger partial charge in [-0.15, -0.1) is 0 Å². The zero-order valence-corrected chi connectivity index (χ0v) is 10.4. The third-order valence-electron chi connectivity index (χ3n) is 3.07. The molecule has 1 aliphatic rings. The van der Waals surface area contributed by atoms with Crippen LogP contribution in [0.3, 0.4) is 0 Å². The Morgan fingerprint density at radius 3 is 3.06 bits per heavy atom. The molecule has 0 aliphatic carbocycles. The molecule has 0 amide bonds. The lowest BCUT2D eigenvalue weighted by atomic mass is 10.0. The zero-order valence-electron chi connectivity index (χ0n) is 10.4. The molecular formula is C14H18N2O. The first-order valence-electron chi connectivity index (χ1n) is 6.11. The van der Waals surface area contributed by atoms with Gasteiger partial charge in [-0.05, 0) is 30.0 Å². The third kappa shape index (κ3) is 2.71. The van der Waals surface area contributed by atoms with Crippen molar-refractivity contribution < 1.29 is 4.74 Å². The highest BCUT2D eigenvalue weighted by molar-refractivity contribution is 5.60. The lowest BCUT2D eigenvalue weighted by Gasteiger charge is -2.27. The molecule has 0 saturated carbocycles. The molecule has 1 aromatic rings. The van der Waals surface area contributed by atoms with Crippen LogP contribution in [0, 0.1) is 11.3 Å². The molecule has 1 atom stereocenters. The second-order valence-corrected chi connectivity index (χ2v) is 4.76. The molecule has 17 heavy (non-hydrogen) atoms. The van der Waals surface area contributed by atoms with Gasteiger partial charge in [0.15, 0.2) is 0 Å². The van der Waals surface area contributed by atoms with E-state index in [1.807, 2.05) is 6.07 Å². The average Bonchev–Trinajstić information content (AvgIpc) is 2.35. The van der Waals surface area contributed by atoms with E-state index < -0.39 is 0 Å². The lowest BCUT2D eigenvalue weighted by molar-refractivity contribution is 0.279. The van der Waals surface area contributed by atoms with Gasteiger partial charge in [-0.25, -0.2) is 0 Å². The predicted octanol–water partition coefficient (Wildman–Crippen LogP) is 3.29. The van der Waals surface area contributed by atoms with Crippen molar-refractivity contribution >= 4 is 5.69 Å². The van der Waals surface area contributed by atoms with Crippen molar-refractivity contribution in [3.63, 3.8) is 0 Å². The molecule has 2 rings (SSSR count). The van der Waals surface area contributed by atoms with Gasteiger partial charge in [-0.2, -0.15) is 5.26 Å². The predicted molar refractivity (Wildman–Crippen MR) is 68.3 cm³/mol. The highest BCUT2D eigenvalue weighted by Crippen LogP contribution is 2.32. The highest BCUT2D eigenvalue weighted by atomic mass is 16.5. The number of rotatable bonds is 3. The number of nitriles is 1. The van der Waals surface area contributed by atoms with Crippen LogP contribution >= 0.6 is 0 Å². The maximum absolute atomic E-state index is 8.59. The summed E-state index contributed by atoms with van der Waals surface area (Å²) in [4.78, 5) is 0. The Kier molecular flexibility index (Phi) is 3.53. The van der Waals surface area contributed by atoms with E-state index in [9.17, 15) is 0 Å². The number of nitrogens with zero attached hydrogens (tertiary/aromatic N) is 1. The summed E-state index contributed by atoms with van der Waals surface area (Å²) in [7, 11) is 0. The molecule has 1 heterocycles. The zero-order chi connectivity index (χ0) is 12.3. The van der Waals surface area contributed by atoms with Crippen LogP contribution in [-0.2, 0) is 0 Å². The molecule has 3 heteroatoms. The SMILES string of the molecule is CC(C)c1ccc2c(c1)NC(CCC#N)CO2. The van der Waals surface area contributed by atoms with Gasteiger partial charge >= 0.3 is 0 Å². The van der Waals surface area contributed by atoms with E-state index >= 15 is 0 Å². The van der Waals surface area contributed by atoms with E-state index in [4.69, 9.17) is 10.00 Å². The quantitative estimate of drug-likeness (QED) is 0.866. The van der Waals surface area contributed by atoms with Gasteiger partial charge in [0.05, 0.1) is 17.8 Å². The second-order valence-electron chi connectivity index (χ2n) is 4.76. The van der Waals surface area contributed by atoms with Gasteiger partial charge < -0.3 is 10.1 Å². The van der Waals surface area contributed by atoms with Crippen molar-refractivity contribution in [2.24, 2.45) is 0 Å². The largest absolute Gasteiger partial charge is 0.489 e. The van der Waals surface area contributed by atoms with E-state index in [0.29, 0.717) is 18.9 Å². The van der Waals surface area contributed by atoms with E-state index in [1.165, 1.54) is 5.56 Å². The van der Waals surface area contributed by atoms with Crippen LogP contribution < -0.4 is 10.1 Å². The Morgan fingerprint density at radius 2 is 2.35 bits per heavy atom. The molecule has 0 fully saturated rings. The summed E-state index contributed by atoms with van der Waals surface area (Å²) in [6, 6.07) is 8.72. The van der Waals surface area contributed by atoms with Crippen LogP contribution in [-0.4, -0.2) is 12.6 Å². The van der Waals surface area contributed by atoms with Gasteiger partial charge in [0.25, 0.3) is 0 Å². The Labute approximate surface area is 102 Å². The standard InChI is InChI=1S/C14H18N2O/c1-10(2)11-5-6-14-13(8-11)16-12(9-17-14)4-3-7-15/h5-6,8,10,12,16H,3-4,9H2,1-2H3. The third-order valence-corrected chi connectivity index (χ3v) is 3.07. The number of hydrogen-bond acceptors (Lipinski definition) is 3. The van der Waals surface area contributed by atoms with Crippen LogP contribution in [0.1, 0.15) is 38.2 Å². The number of fused-ring (bicyclic) bond motifs is 1. The average molecular weight is 230 g/mol. The van der Waals surface area contributed by atoms with Crippen LogP contribution in [0.4, 0.5) is 5.69 Å². The molecule has 3 nitrogen and oxygen atoms in total. The highest BCUT2D eigenvalue weighted by Gasteiger charge is 2.18. The molecule has 1 unspecified atom stereocenters. The minimum atomic E-state index is 0.254. The Bertz CT molecular complexity index is 434. The van der Waals surface area contributed by atoms with Gasteiger partial charge in [0.1, 0.15) is 12.4 Å². The molecule has 1 aliphatic heterocycles. The number of hydrogen-bond donors (Lipinski definition) is 1. The normalized spacial score (nSPS) is 17.9. The van der Waals surface area contributed by atoms with E-state index in [1.54, 1.807) is 0 Å². The first-order valence-corrected chi connectivity index (χ1v) is 6.11. The summed E-state index contributed by atoms with van der Waals surface area (Å²) in [5.41, 5.74) is 2.37. The fraction of sp³-hybridized carbons (Fsp3) is 0.500. The maximum atomic E-state index is 8.59. The van der Waals surface area contributed by atoms with Gasteiger partial charge in [0, 0.05) is 6.42 Å². The van der Waals surface area contributed by atoms with Crippen molar-refractivity contribution in [1.82, 2.24) is 0 Å². The molecule has 1 aromatic carbocycles. The molecular weight excluding hydrogens is 212 g/mol. The number of nitrogens with one attached hydrogen (secondary N) is 1. The smallest absolute Gasteiger partial charge is 0.142 e. The van der Waals surface area contributed by atoms with Crippen molar-refractivity contribution in [2.45, 2.75) is 38.6 Å². The summed E-state index contributed by atoms with van der Waals surface area (Å²) < 4.78 is 5.70. The molecule has 0 spiro atoms. The molecule has 1 N–H and O–H groups in total. The lowest BCUT2D eigenvalue weighted by Crippen LogP contribution is -2.31. The second kappa shape index (κ2) is 5.09. The summed E-state index contributed by atoms with van der Waals surface area (Å²) in [5.74, 6) is 1.43. The van der Waals surface area contributed by atoms with Crippen LogP contribution in [0.25, 0.3) is 0 Å². The van der Waals surface area contributed by atoms with Crippen LogP contribution in [0.2, 0.25) is 0 Å². The first-order chi connectivity index (χ1) is 8.20. The molecule has 90 valence electrons. The van der Waals surface area contributed by atoms with E-state index in [2.05, 4.69) is 37.4 Å². The van der Waals surface area contributed by atoms with Gasteiger partial charge in [0.2, 0.25) is 0 Å². The van der Waals surface area contributed by atoms with E-state index in [-0.39, 0.29) is 6.04 Å². The minimum absolute atomic E-state index is 0.254. The first kappa shape index (κ1) is 11.8. The number of benzene rings is 1. The molecule has 0 saturated heterocycles. The summed E-state index contributed by atoms with van der Waals surface area (Å²) in [6.45, 7) is 5.01. The van der Waals surface area contributed by atoms with Crippen LogP contribution in [0.15, 0.2) is 18.2 Å². The Morgan fingerprint density at radius 1 is 1.53 bits per heavy atom. The molecule has 0 bridgehead atoms. The van der Waals surface area contributed by atoms with E-state index in [0.717, 1.165) is 17.9 Å². The van der Waals surface area contributed by atoms with Crippen molar-refractivity contribution in [3.05, 3.63) is 23.8 Å².